The van der Waals surface area contributed by atoms with E-state index in [4.69, 9.17) is 4.74 Å². The molecule has 2 aromatic heterocycles. The summed E-state index contributed by atoms with van der Waals surface area (Å²) in [6.07, 6.45) is 12.2. The molecule has 0 saturated carbocycles. The van der Waals surface area contributed by atoms with E-state index in [0.717, 1.165) is 5.70 Å². The third kappa shape index (κ3) is 3.29. The van der Waals surface area contributed by atoms with Crippen LogP contribution >= 0.6 is 0 Å². The Hall–Kier alpha value is -2.93. The van der Waals surface area contributed by atoms with Crippen molar-refractivity contribution >= 4 is 11.6 Å². The molecule has 0 bridgehead atoms. The van der Waals surface area contributed by atoms with Crippen molar-refractivity contribution in [1.29, 1.82) is 0 Å². The first-order valence-electron chi connectivity index (χ1n) is 7.14. The van der Waals surface area contributed by atoms with E-state index in [9.17, 15) is 5.21 Å². The van der Waals surface area contributed by atoms with Crippen molar-refractivity contribution in [3.05, 3.63) is 60.8 Å². The Morgan fingerprint density at radius 2 is 2.22 bits per heavy atom. The number of rotatable bonds is 5. The van der Waals surface area contributed by atoms with E-state index in [0.29, 0.717) is 30.5 Å². The largest absolute Gasteiger partial charge is 0.493 e. The van der Waals surface area contributed by atoms with Crippen molar-refractivity contribution in [3.8, 4) is 5.75 Å². The number of hydrogen-bond acceptors (Lipinski definition) is 7. The number of ether oxygens (including phenoxy) is 1. The lowest BCUT2D eigenvalue weighted by atomic mass is 10.2. The molecule has 1 aliphatic heterocycles. The number of pyridine rings is 1. The normalized spacial score (nSPS) is 13.7. The number of anilines is 2. The second-order valence-electron chi connectivity index (χ2n) is 4.85. The summed E-state index contributed by atoms with van der Waals surface area (Å²) in [5, 5.41) is 11.2. The van der Waals surface area contributed by atoms with Crippen LogP contribution in [0.25, 0.3) is 0 Å². The van der Waals surface area contributed by atoms with Crippen LogP contribution < -0.4 is 9.64 Å². The topological polar surface area (TPSA) is 74.6 Å². The van der Waals surface area contributed by atoms with Crippen LogP contribution in [-0.4, -0.2) is 45.4 Å². The average Bonchev–Trinajstić information content (AvgIpc) is 2.62. The molecule has 0 unspecified atom stereocenters. The summed E-state index contributed by atoms with van der Waals surface area (Å²) in [5.41, 5.74) is 0.728. The fourth-order valence-corrected chi connectivity index (χ4v) is 2.28. The molecule has 0 radical (unpaired) electrons. The molecule has 118 valence electrons. The van der Waals surface area contributed by atoms with Gasteiger partial charge in [0.25, 0.3) is 0 Å². The smallest absolute Gasteiger partial charge is 0.177 e. The second kappa shape index (κ2) is 6.89. The maximum absolute atomic E-state index is 10.0. The molecule has 7 heteroatoms. The number of hydrogen-bond donors (Lipinski definition) is 1. The van der Waals surface area contributed by atoms with Gasteiger partial charge in [-0.15, -0.1) is 0 Å². The van der Waals surface area contributed by atoms with Crippen LogP contribution in [0.15, 0.2) is 60.8 Å². The van der Waals surface area contributed by atoms with Crippen molar-refractivity contribution in [3.63, 3.8) is 0 Å². The summed E-state index contributed by atoms with van der Waals surface area (Å²) >= 11 is 0. The molecule has 0 amide bonds. The highest BCUT2D eigenvalue weighted by molar-refractivity contribution is 5.63. The van der Waals surface area contributed by atoms with Crippen LogP contribution in [0.1, 0.15) is 0 Å². The van der Waals surface area contributed by atoms with Crippen molar-refractivity contribution in [1.82, 2.24) is 20.0 Å². The molecule has 2 aromatic rings. The van der Waals surface area contributed by atoms with Crippen LogP contribution in [0.3, 0.4) is 0 Å². The fourth-order valence-electron chi connectivity index (χ4n) is 2.28. The molecule has 0 atom stereocenters. The maximum Gasteiger partial charge on any atom is 0.177 e. The minimum absolute atomic E-state index is 0.382. The minimum Gasteiger partial charge on any atom is -0.493 e. The summed E-state index contributed by atoms with van der Waals surface area (Å²) < 4.78 is 5.40. The van der Waals surface area contributed by atoms with E-state index >= 15 is 0 Å². The number of aromatic nitrogens is 3. The van der Waals surface area contributed by atoms with Gasteiger partial charge >= 0.3 is 0 Å². The average molecular weight is 311 g/mol. The maximum atomic E-state index is 10.0. The number of methoxy groups -OCH3 is 1. The molecule has 0 aliphatic carbocycles. The van der Waals surface area contributed by atoms with E-state index in [1.165, 1.54) is 5.06 Å². The quantitative estimate of drug-likeness (QED) is 0.907. The van der Waals surface area contributed by atoms with Crippen LogP contribution in [0.4, 0.5) is 11.6 Å². The molecule has 1 aliphatic rings. The third-order valence-electron chi connectivity index (χ3n) is 3.41. The Balaban J connectivity index is 2.01. The third-order valence-corrected chi connectivity index (χ3v) is 3.41. The van der Waals surface area contributed by atoms with E-state index in [-0.39, 0.29) is 0 Å². The van der Waals surface area contributed by atoms with E-state index in [1.54, 1.807) is 38.0 Å². The molecule has 3 heterocycles. The molecule has 0 aromatic carbocycles. The monoisotopic (exact) mass is 311 g/mol. The Morgan fingerprint density at radius 1 is 1.30 bits per heavy atom. The first-order chi connectivity index (χ1) is 11.3. The molecular formula is C16H17N5O2. The van der Waals surface area contributed by atoms with Crippen LogP contribution in [-0.2, 0) is 0 Å². The van der Waals surface area contributed by atoms with E-state index in [2.05, 4.69) is 15.0 Å². The van der Waals surface area contributed by atoms with Gasteiger partial charge in [0.1, 0.15) is 0 Å². The summed E-state index contributed by atoms with van der Waals surface area (Å²) in [6.45, 7) is 0.826. The van der Waals surface area contributed by atoms with Gasteiger partial charge in [-0.1, -0.05) is 12.2 Å². The summed E-state index contributed by atoms with van der Waals surface area (Å²) in [4.78, 5) is 14.7. The second-order valence-corrected chi connectivity index (χ2v) is 4.85. The van der Waals surface area contributed by atoms with Gasteiger partial charge < -0.3 is 9.64 Å². The van der Waals surface area contributed by atoms with Gasteiger partial charge in [-0.3, -0.25) is 15.3 Å². The highest BCUT2D eigenvalue weighted by atomic mass is 16.5. The Morgan fingerprint density at radius 3 is 2.96 bits per heavy atom. The molecule has 3 rings (SSSR count). The van der Waals surface area contributed by atoms with Gasteiger partial charge in [-0.05, 0) is 18.2 Å². The Labute approximate surface area is 134 Å². The number of nitrogens with zero attached hydrogens (tertiary/aromatic N) is 5. The highest BCUT2D eigenvalue weighted by Crippen LogP contribution is 2.31. The van der Waals surface area contributed by atoms with Crippen molar-refractivity contribution in [2.24, 2.45) is 0 Å². The molecule has 0 spiro atoms. The Kier molecular flexibility index (Phi) is 4.49. The van der Waals surface area contributed by atoms with Crippen LogP contribution in [0.5, 0.6) is 5.75 Å². The summed E-state index contributed by atoms with van der Waals surface area (Å²) in [6, 6.07) is 3.63. The Bertz CT molecular complexity index is 717. The molecule has 0 fully saturated rings. The predicted octanol–water partition coefficient (Wildman–Crippen LogP) is 2.16. The zero-order valence-electron chi connectivity index (χ0n) is 12.7. The van der Waals surface area contributed by atoms with E-state index < -0.39 is 0 Å². The van der Waals surface area contributed by atoms with E-state index in [1.807, 2.05) is 29.2 Å². The van der Waals surface area contributed by atoms with Crippen molar-refractivity contribution in [2.45, 2.75) is 0 Å². The molecular weight excluding hydrogens is 294 g/mol. The SMILES string of the molecule is COc1cccnc1N(CC1=CC=CCN1O)c1cnccn1. The molecule has 23 heavy (non-hydrogen) atoms. The van der Waals surface area contributed by atoms with Crippen molar-refractivity contribution in [2.75, 3.05) is 25.1 Å². The molecule has 1 N–H and O–H groups in total. The van der Waals surface area contributed by atoms with Crippen LogP contribution in [0.2, 0.25) is 0 Å². The van der Waals surface area contributed by atoms with Gasteiger partial charge in [0, 0.05) is 18.6 Å². The number of allylic oxidation sites excluding steroid dienone is 2. The van der Waals surface area contributed by atoms with Gasteiger partial charge in [0.2, 0.25) is 0 Å². The first-order valence-corrected chi connectivity index (χ1v) is 7.14. The molecule has 0 saturated heterocycles. The lowest BCUT2D eigenvalue weighted by Gasteiger charge is -2.29. The van der Waals surface area contributed by atoms with Gasteiger partial charge in [0.05, 0.1) is 32.1 Å². The zero-order valence-corrected chi connectivity index (χ0v) is 12.7. The van der Waals surface area contributed by atoms with Gasteiger partial charge in [-0.25, -0.2) is 9.97 Å². The van der Waals surface area contributed by atoms with Crippen molar-refractivity contribution < 1.29 is 9.94 Å². The van der Waals surface area contributed by atoms with Gasteiger partial charge in [0.15, 0.2) is 17.4 Å². The highest BCUT2D eigenvalue weighted by Gasteiger charge is 2.20. The lowest BCUT2D eigenvalue weighted by Crippen LogP contribution is -2.31. The zero-order chi connectivity index (χ0) is 16.1. The summed E-state index contributed by atoms with van der Waals surface area (Å²) in [5.74, 6) is 1.85. The molecule has 7 nitrogen and oxygen atoms in total. The standard InChI is InChI=1S/C16H17N5O2/c1-23-14-6-4-7-19-16(14)20(15-11-17-8-9-18-15)12-13-5-2-3-10-21(13)22/h2-9,11,22H,10,12H2,1H3. The predicted molar refractivity (Wildman–Crippen MR) is 85.5 cm³/mol. The van der Waals surface area contributed by atoms with Gasteiger partial charge in [-0.2, -0.15) is 0 Å². The fraction of sp³-hybridized carbons (Fsp3) is 0.188. The first kappa shape index (κ1) is 15.0. The lowest BCUT2D eigenvalue weighted by molar-refractivity contribution is -0.0462. The minimum atomic E-state index is 0.382. The number of hydroxylamine groups is 2. The van der Waals surface area contributed by atoms with Crippen LogP contribution in [0, 0.1) is 0 Å². The summed E-state index contributed by atoms with van der Waals surface area (Å²) in [7, 11) is 1.59.